The molecule has 0 heterocycles. The largest absolute Gasteiger partial charge is 0.505 e. The van der Waals surface area contributed by atoms with Gasteiger partial charge in [0, 0.05) is 22.8 Å². The number of benzene rings is 7. The second-order valence-corrected chi connectivity index (χ2v) is 18.5. The number of hydrogen-bond donors (Lipinski definition) is 4. The number of ether oxygens (including phenoxy) is 1. The Morgan fingerprint density at radius 2 is 0.970 bits per heavy atom. The van der Waals surface area contributed by atoms with Crippen molar-refractivity contribution >= 4 is 87.9 Å². The molecule has 342 valence electrons. The minimum Gasteiger partial charge on any atom is -0.505 e. The van der Waals surface area contributed by atoms with E-state index < -0.39 is 30.9 Å². The van der Waals surface area contributed by atoms with Crippen molar-refractivity contribution in [1.82, 2.24) is 0 Å². The van der Waals surface area contributed by atoms with E-state index in [1.54, 1.807) is 25.1 Å². The fourth-order valence-corrected chi connectivity index (χ4v) is 7.83. The van der Waals surface area contributed by atoms with Crippen LogP contribution in [0.4, 0.5) is 56.9 Å². The highest BCUT2D eigenvalue weighted by Crippen LogP contribution is 2.40. The molecule has 4 N–H and O–H groups in total. The molecule has 0 bridgehead atoms. The smallest absolute Gasteiger partial charge is 0.296 e. The molecule has 0 saturated carbocycles. The first-order valence-electron chi connectivity index (χ1n) is 20.7. The van der Waals surface area contributed by atoms with Crippen LogP contribution in [-0.4, -0.2) is 43.4 Å². The molecule has 0 aliphatic heterocycles. The van der Waals surface area contributed by atoms with Crippen molar-refractivity contribution in [2.24, 2.45) is 40.9 Å². The van der Waals surface area contributed by atoms with E-state index in [1.165, 1.54) is 24.3 Å². The predicted octanol–water partition coefficient (Wildman–Crippen LogP) is 14.4. The maximum absolute atomic E-state index is 11.9. The molecule has 67 heavy (non-hydrogen) atoms. The molecule has 0 unspecified atom stereocenters. The summed E-state index contributed by atoms with van der Waals surface area (Å²) in [5, 5.41) is 51.1. The van der Waals surface area contributed by atoms with Crippen molar-refractivity contribution in [3.8, 4) is 11.5 Å². The minimum absolute atomic E-state index is 0.0299. The topological polar surface area (TPSA) is 249 Å². The van der Waals surface area contributed by atoms with Crippen LogP contribution in [0.15, 0.2) is 167 Å². The molecule has 7 aromatic carbocycles. The standard InChI is InChI=1S/C48H45N9O8S2/c1-29-23-41(30(2)22-40(29)52-51-39-19-16-34-27-36(17-18-37(34)48(39)58)49-35-12-7-6-8-13-35)53-54-42-24-32(4)43(25-31(42)3)55-57-45-26-33(5)44(28-46(45)65-20-11-21-66(59,60)61)56-50-38-14-9-10-15-47(38)67(62,63)64/h6-10,12-19,22-28,49,58H,11,20-21H2,1-5H3,(H,59,60,61)(H,62,63,64). The first-order valence-corrected chi connectivity index (χ1v) is 23.7. The van der Waals surface area contributed by atoms with Crippen molar-refractivity contribution in [2.75, 3.05) is 17.7 Å². The zero-order valence-corrected chi connectivity index (χ0v) is 38.6. The highest BCUT2D eigenvalue weighted by atomic mass is 32.2. The lowest BCUT2D eigenvalue weighted by molar-refractivity contribution is 0.317. The molecule has 7 aromatic rings. The van der Waals surface area contributed by atoms with Gasteiger partial charge in [-0.1, -0.05) is 36.4 Å². The summed E-state index contributed by atoms with van der Waals surface area (Å²) < 4.78 is 71.1. The average Bonchev–Trinajstić information content (AvgIpc) is 3.28. The normalized spacial score (nSPS) is 12.3. The highest BCUT2D eigenvalue weighted by molar-refractivity contribution is 7.86. The van der Waals surface area contributed by atoms with E-state index in [9.17, 15) is 31.0 Å². The molecule has 0 atom stereocenters. The van der Waals surface area contributed by atoms with Crippen LogP contribution in [0, 0.1) is 34.6 Å². The lowest BCUT2D eigenvalue weighted by atomic mass is 10.1. The molecule has 0 aromatic heterocycles. The van der Waals surface area contributed by atoms with E-state index in [-0.39, 0.29) is 41.6 Å². The number of phenols is 1. The van der Waals surface area contributed by atoms with Gasteiger partial charge in [-0.05, 0) is 153 Å². The van der Waals surface area contributed by atoms with E-state index in [0.29, 0.717) is 39.4 Å². The quantitative estimate of drug-likeness (QED) is 0.0408. The van der Waals surface area contributed by atoms with Crippen molar-refractivity contribution in [3.05, 3.63) is 149 Å². The number of anilines is 2. The molecule has 0 amide bonds. The Morgan fingerprint density at radius 3 is 1.52 bits per heavy atom. The number of azo groups is 4. The first kappa shape index (κ1) is 47.4. The number of hydrogen-bond acceptors (Lipinski definition) is 15. The van der Waals surface area contributed by atoms with Crippen molar-refractivity contribution in [1.29, 1.82) is 0 Å². The third-order valence-corrected chi connectivity index (χ3v) is 12.1. The Kier molecular flexibility index (Phi) is 14.4. The molecular weight excluding hydrogens is 895 g/mol. The van der Waals surface area contributed by atoms with Crippen LogP contribution >= 0.6 is 0 Å². The first-order chi connectivity index (χ1) is 31.9. The zero-order valence-electron chi connectivity index (χ0n) is 36.9. The number of phenolic OH excluding ortho intramolecular Hbond substituents is 1. The van der Waals surface area contributed by atoms with E-state index in [1.807, 2.05) is 107 Å². The molecule has 0 fully saturated rings. The van der Waals surface area contributed by atoms with Gasteiger partial charge < -0.3 is 15.2 Å². The summed E-state index contributed by atoms with van der Waals surface area (Å²) in [6.07, 6.45) is -0.0299. The van der Waals surface area contributed by atoms with Gasteiger partial charge in [0.05, 0.1) is 40.8 Å². The Bertz CT molecular complexity index is 3360. The van der Waals surface area contributed by atoms with Crippen LogP contribution in [0.3, 0.4) is 0 Å². The molecule has 19 heteroatoms. The van der Waals surface area contributed by atoms with Crippen LogP contribution in [-0.2, 0) is 20.2 Å². The fraction of sp³-hybridized carbons (Fsp3) is 0.167. The van der Waals surface area contributed by atoms with Crippen molar-refractivity contribution < 1.29 is 35.8 Å². The van der Waals surface area contributed by atoms with Crippen LogP contribution in [0.2, 0.25) is 0 Å². The van der Waals surface area contributed by atoms with Crippen molar-refractivity contribution in [2.45, 2.75) is 45.9 Å². The average molecular weight is 940 g/mol. The minimum atomic E-state index is -4.57. The molecule has 17 nitrogen and oxygen atoms in total. The summed E-state index contributed by atoms with van der Waals surface area (Å²) in [7, 11) is -8.80. The second kappa shape index (κ2) is 20.3. The number of aromatic hydroxyl groups is 1. The molecule has 7 rings (SSSR count). The molecule has 0 aliphatic carbocycles. The van der Waals surface area contributed by atoms with Gasteiger partial charge in [0.1, 0.15) is 27.7 Å². The summed E-state index contributed by atoms with van der Waals surface area (Å²) in [4.78, 5) is -0.423. The maximum atomic E-state index is 11.9. The van der Waals surface area contributed by atoms with E-state index >= 15 is 0 Å². The van der Waals surface area contributed by atoms with Crippen molar-refractivity contribution in [3.63, 3.8) is 0 Å². The van der Waals surface area contributed by atoms with Gasteiger partial charge in [-0.25, -0.2) is 0 Å². The van der Waals surface area contributed by atoms with Gasteiger partial charge in [-0.2, -0.15) is 42.4 Å². The van der Waals surface area contributed by atoms with Crippen LogP contribution < -0.4 is 10.1 Å². The van der Waals surface area contributed by atoms with Gasteiger partial charge >= 0.3 is 0 Å². The summed E-state index contributed by atoms with van der Waals surface area (Å²) >= 11 is 0. The number of nitrogens with zero attached hydrogens (tertiary/aromatic N) is 8. The predicted molar refractivity (Wildman–Crippen MR) is 258 cm³/mol. The van der Waals surface area contributed by atoms with E-state index in [2.05, 4.69) is 46.2 Å². The van der Waals surface area contributed by atoms with Gasteiger partial charge in [-0.3, -0.25) is 9.11 Å². The third-order valence-electron chi connectivity index (χ3n) is 10.3. The Hall–Kier alpha value is -7.58. The third kappa shape index (κ3) is 12.2. The van der Waals surface area contributed by atoms with Gasteiger partial charge in [0.15, 0.2) is 5.75 Å². The van der Waals surface area contributed by atoms with E-state index in [0.717, 1.165) is 39.0 Å². The Labute approximate surface area is 387 Å². The number of fused-ring (bicyclic) bond motifs is 1. The maximum Gasteiger partial charge on any atom is 0.296 e. The number of para-hydroxylation sites is 1. The lowest BCUT2D eigenvalue weighted by Gasteiger charge is -2.11. The lowest BCUT2D eigenvalue weighted by Crippen LogP contribution is -2.08. The SMILES string of the molecule is Cc1cc(N=Nc2cc(C)c(N=Nc3ccccc3S(=O)(=O)O)cc2OCCCS(=O)(=O)O)c(C)cc1N=Nc1cc(C)c(N=Nc2ccc3cc(Nc4ccccc4)ccc3c2O)cc1C. The summed E-state index contributed by atoms with van der Waals surface area (Å²) in [5.74, 6) is -0.328. The molecular formula is C48H45N9O8S2. The summed E-state index contributed by atoms with van der Waals surface area (Å²) in [6, 6.07) is 35.2. The van der Waals surface area contributed by atoms with Gasteiger partial charge in [-0.15, -0.1) is 15.3 Å². The molecule has 0 radical (unpaired) electrons. The highest BCUT2D eigenvalue weighted by Gasteiger charge is 2.16. The second-order valence-electron chi connectivity index (χ2n) is 15.5. The van der Waals surface area contributed by atoms with E-state index in [4.69, 9.17) is 4.74 Å². The number of rotatable bonds is 16. The summed E-state index contributed by atoms with van der Waals surface area (Å²) in [5.41, 5.74) is 8.71. The van der Waals surface area contributed by atoms with Crippen LogP contribution in [0.25, 0.3) is 10.8 Å². The number of aryl methyl sites for hydroxylation is 5. The fourth-order valence-electron chi connectivity index (χ4n) is 6.73. The van der Waals surface area contributed by atoms with Crippen LogP contribution in [0.5, 0.6) is 11.5 Å². The number of nitrogens with one attached hydrogen (secondary N) is 1. The monoisotopic (exact) mass is 939 g/mol. The Balaban J connectivity index is 1.07. The molecule has 0 spiro atoms. The van der Waals surface area contributed by atoms with Gasteiger partial charge in [0.2, 0.25) is 0 Å². The zero-order chi connectivity index (χ0) is 47.9. The van der Waals surface area contributed by atoms with Crippen LogP contribution in [0.1, 0.15) is 34.2 Å². The molecule has 0 saturated heterocycles. The molecule has 0 aliphatic rings. The summed E-state index contributed by atoms with van der Waals surface area (Å²) in [6.45, 7) is 9.12. The Morgan fingerprint density at radius 1 is 0.493 bits per heavy atom. The van der Waals surface area contributed by atoms with Gasteiger partial charge in [0.25, 0.3) is 20.2 Å².